The molecule has 1 aliphatic rings. The normalized spacial score (nSPS) is 25.4. The first kappa shape index (κ1) is 12.8. The highest BCUT2D eigenvalue weighted by Gasteiger charge is 2.35. The fourth-order valence-corrected chi connectivity index (χ4v) is 1.81. The Balaban J connectivity index is 2.39. The lowest BCUT2D eigenvalue weighted by atomic mass is 9.88. The Morgan fingerprint density at radius 3 is 2.50 bits per heavy atom. The predicted molar refractivity (Wildman–Crippen MR) is 58.8 cm³/mol. The summed E-state index contributed by atoms with van der Waals surface area (Å²) in [5, 5.41) is 2.37. The smallest absolute Gasteiger partial charge is 0.312 e. The Bertz CT molecular complexity index is 276. The molecule has 0 radical (unpaired) electrons. The quantitative estimate of drug-likeness (QED) is 0.692. The fraction of sp³-hybridized carbons (Fsp3) is 0.800. The van der Waals surface area contributed by atoms with Gasteiger partial charge in [0.25, 0.3) is 0 Å². The predicted octanol–water partition coefficient (Wildman–Crippen LogP) is -0.321. The molecule has 1 aliphatic carbocycles. The monoisotopic (exact) mass is 229 g/mol. The average Bonchev–Trinajstić information content (AvgIpc) is 2.13. The van der Waals surface area contributed by atoms with Crippen molar-refractivity contribution in [3.8, 4) is 0 Å². The summed E-state index contributed by atoms with van der Waals surface area (Å²) < 4.78 is 5.14. The van der Waals surface area contributed by atoms with E-state index in [4.69, 9.17) is 10.5 Å². The molecular formula is C10H19N3O3. The Morgan fingerprint density at radius 2 is 2.06 bits per heavy atom. The molecule has 0 aromatic heterocycles. The van der Waals surface area contributed by atoms with Gasteiger partial charge in [0, 0.05) is 20.2 Å². The van der Waals surface area contributed by atoms with Gasteiger partial charge in [-0.2, -0.15) is 0 Å². The number of methoxy groups -OCH3 is 1. The van der Waals surface area contributed by atoms with Crippen LogP contribution >= 0.6 is 0 Å². The molecule has 0 bridgehead atoms. The largest absolute Gasteiger partial charge is 0.381 e. The van der Waals surface area contributed by atoms with Gasteiger partial charge in [0.05, 0.1) is 6.10 Å². The van der Waals surface area contributed by atoms with Crippen LogP contribution in [-0.2, 0) is 9.53 Å². The minimum absolute atomic E-state index is 0.127. The van der Waals surface area contributed by atoms with E-state index in [1.54, 1.807) is 26.0 Å². The van der Waals surface area contributed by atoms with Crippen molar-refractivity contribution in [1.29, 1.82) is 0 Å². The van der Waals surface area contributed by atoms with Gasteiger partial charge in [-0.1, -0.05) is 0 Å². The molecule has 0 aliphatic heterocycles. The number of rotatable bonds is 4. The Hall–Kier alpha value is -1.30. The maximum atomic E-state index is 11.8. The van der Waals surface area contributed by atoms with Crippen molar-refractivity contribution in [2.45, 2.75) is 38.0 Å². The number of primary amides is 1. The molecule has 6 nitrogen and oxygen atoms in total. The summed E-state index contributed by atoms with van der Waals surface area (Å²) in [6, 6.07) is -1.06. The van der Waals surface area contributed by atoms with Crippen molar-refractivity contribution < 1.29 is 14.3 Å². The molecule has 0 aromatic rings. The van der Waals surface area contributed by atoms with Crippen LogP contribution in [-0.4, -0.2) is 49.2 Å². The summed E-state index contributed by atoms with van der Waals surface area (Å²) in [6.45, 7) is 1.62. The standard InChI is InChI=1S/C10H19N3O3/c1-6(12-10(11)15)9(14)13(2)7-4-8(5-7)16-3/h6-8H,4-5H2,1-3H3,(H3,11,12,15)/t6-,7?,8?/m0/s1. The first-order valence-corrected chi connectivity index (χ1v) is 5.31. The van der Waals surface area contributed by atoms with E-state index in [1.165, 1.54) is 0 Å². The summed E-state index contributed by atoms with van der Waals surface area (Å²) in [5.74, 6) is -0.127. The first-order chi connectivity index (χ1) is 7.45. The van der Waals surface area contributed by atoms with E-state index in [9.17, 15) is 9.59 Å². The zero-order chi connectivity index (χ0) is 12.3. The van der Waals surface area contributed by atoms with Crippen LogP contribution < -0.4 is 11.1 Å². The molecule has 0 saturated heterocycles. The minimum atomic E-state index is -0.683. The van der Waals surface area contributed by atoms with Gasteiger partial charge < -0.3 is 20.7 Å². The third kappa shape index (κ3) is 2.85. The second-order valence-electron chi connectivity index (χ2n) is 4.16. The fourth-order valence-electron chi connectivity index (χ4n) is 1.81. The number of nitrogens with zero attached hydrogens (tertiary/aromatic N) is 1. The number of amides is 3. The van der Waals surface area contributed by atoms with Gasteiger partial charge in [-0.3, -0.25) is 4.79 Å². The van der Waals surface area contributed by atoms with Crippen LogP contribution in [0.3, 0.4) is 0 Å². The molecule has 92 valence electrons. The molecule has 1 fully saturated rings. The van der Waals surface area contributed by atoms with Crippen LogP contribution in [0.15, 0.2) is 0 Å². The lowest BCUT2D eigenvalue weighted by Crippen LogP contribution is -2.54. The third-order valence-electron chi connectivity index (χ3n) is 3.03. The number of hydrogen-bond acceptors (Lipinski definition) is 3. The molecule has 1 atom stereocenters. The topological polar surface area (TPSA) is 84.7 Å². The Kier molecular flexibility index (Phi) is 4.12. The lowest BCUT2D eigenvalue weighted by Gasteiger charge is -2.41. The van der Waals surface area contributed by atoms with Crippen LogP contribution in [0.25, 0.3) is 0 Å². The number of hydrogen-bond donors (Lipinski definition) is 2. The van der Waals surface area contributed by atoms with E-state index in [-0.39, 0.29) is 18.1 Å². The summed E-state index contributed by atoms with van der Waals surface area (Å²) in [5.41, 5.74) is 4.96. The lowest BCUT2D eigenvalue weighted by molar-refractivity contribution is -0.138. The van der Waals surface area contributed by atoms with E-state index >= 15 is 0 Å². The van der Waals surface area contributed by atoms with Gasteiger partial charge in [-0.25, -0.2) is 4.79 Å². The number of urea groups is 1. The summed E-state index contributed by atoms with van der Waals surface area (Å²) >= 11 is 0. The molecule has 3 N–H and O–H groups in total. The van der Waals surface area contributed by atoms with E-state index in [0.717, 1.165) is 12.8 Å². The van der Waals surface area contributed by atoms with E-state index in [2.05, 4.69) is 5.32 Å². The number of likely N-dealkylation sites (N-methyl/N-ethyl adjacent to an activating group) is 1. The molecule has 6 heteroatoms. The summed E-state index contributed by atoms with van der Waals surface area (Å²) in [4.78, 5) is 24.1. The van der Waals surface area contributed by atoms with E-state index in [0.29, 0.717) is 0 Å². The van der Waals surface area contributed by atoms with Gasteiger partial charge in [-0.15, -0.1) is 0 Å². The maximum absolute atomic E-state index is 11.8. The number of nitrogens with one attached hydrogen (secondary N) is 1. The summed E-state index contributed by atoms with van der Waals surface area (Å²) in [6.07, 6.45) is 1.95. The van der Waals surface area contributed by atoms with Crippen molar-refractivity contribution in [2.24, 2.45) is 5.73 Å². The molecule has 0 heterocycles. The van der Waals surface area contributed by atoms with E-state index < -0.39 is 12.1 Å². The molecular weight excluding hydrogens is 210 g/mol. The highest BCUT2D eigenvalue weighted by Crippen LogP contribution is 2.27. The average molecular weight is 229 g/mol. The zero-order valence-electron chi connectivity index (χ0n) is 9.90. The summed E-state index contributed by atoms with van der Waals surface area (Å²) in [7, 11) is 3.40. The van der Waals surface area contributed by atoms with Crippen molar-refractivity contribution in [1.82, 2.24) is 10.2 Å². The molecule has 1 saturated carbocycles. The molecule has 16 heavy (non-hydrogen) atoms. The molecule has 0 spiro atoms. The van der Waals surface area contributed by atoms with Gasteiger partial charge in [0.2, 0.25) is 5.91 Å². The van der Waals surface area contributed by atoms with Crippen molar-refractivity contribution in [3.63, 3.8) is 0 Å². The molecule has 0 unspecified atom stereocenters. The van der Waals surface area contributed by atoms with E-state index in [1.807, 2.05) is 0 Å². The second-order valence-corrected chi connectivity index (χ2v) is 4.16. The second kappa shape index (κ2) is 5.16. The molecule has 1 rings (SSSR count). The van der Waals surface area contributed by atoms with Gasteiger partial charge in [0.15, 0.2) is 0 Å². The maximum Gasteiger partial charge on any atom is 0.312 e. The first-order valence-electron chi connectivity index (χ1n) is 5.31. The van der Waals surface area contributed by atoms with Gasteiger partial charge in [-0.05, 0) is 19.8 Å². The molecule has 3 amide bonds. The van der Waals surface area contributed by atoms with Crippen molar-refractivity contribution in [3.05, 3.63) is 0 Å². The van der Waals surface area contributed by atoms with Crippen molar-refractivity contribution in [2.75, 3.05) is 14.2 Å². The minimum Gasteiger partial charge on any atom is -0.381 e. The number of carbonyl (C=O) groups excluding carboxylic acids is 2. The Labute approximate surface area is 95.1 Å². The van der Waals surface area contributed by atoms with Crippen LogP contribution in [0.2, 0.25) is 0 Å². The Morgan fingerprint density at radius 1 is 1.50 bits per heavy atom. The third-order valence-corrected chi connectivity index (χ3v) is 3.03. The highest BCUT2D eigenvalue weighted by atomic mass is 16.5. The van der Waals surface area contributed by atoms with Crippen LogP contribution in [0.5, 0.6) is 0 Å². The highest BCUT2D eigenvalue weighted by molar-refractivity contribution is 5.86. The SMILES string of the molecule is COC1CC(N(C)C(=O)[C@H](C)NC(N)=O)C1. The van der Waals surface area contributed by atoms with Crippen LogP contribution in [0, 0.1) is 0 Å². The molecule has 0 aromatic carbocycles. The van der Waals surface area contributed by atoms with Gasteiger partial charge in [0.1, 0.15) is 6.04 Å². The number of nitrogens with two attached hydrogens (primary N) is 1. The number of ether oxygens (including phenoxy) is 1. The van der Waals surface area contributed by atoms with Crippen LogP contribution in [0.1, 0.15) is 19.8 Å². The zero-order valence-corrected chi connectivity index (χ0v) is 9.90. The van der Waals surface area contributed by atoms with Crippen molar-refractivity contribution >= 4 is 11.9 Å². The van der Waals surface area contributed by atoms with Crippen LogP contribution in [0.4, 0.5) is 4.79 Å². The number of carbonyl (C=O) groups is 2. The van der Waals surface area contributed by atoms with Gasteiger partial charge >= 0.3 is 6.03 Å².